The second kappa shape index (κ2) is 9.58. The number of sulfonamides is 1. The summed E-state index contributed by atoms with van der Waals surface area (Å²) in [6, 6.07) is 19.4. The molecule has 0 aromatic heterocycles. The highest BCUT2D eigenvalue weighted by atomic mass is 79.9. The van der Waals surface area contributed by atoms with E-state index in [9.17, 15) is 13.2 Å². The molecule has 1 atom stereocenters. The van der Waals surface area contributed by atoms with Crippen molar-refractivity contribution < 1.29 is 13.2 Å². The van der Waals surface area contributed by atoms with E-state index in [1.165, 1.54) is 28.6 Å². The van der Waals surface area contributed by atoms with Crippen molar-refractivity contribution in [3.8, 4) is 0 Å². The summed E-state index contributed by atoms with van der Waals surface area (Å²) in [4.78, 5) is 15.3. The van der Waals surface area contributed by atoms with Gasteiger partial charge in [0.15, 0.2) is 0 Å². The summed E-state index contributed by atoms with van der Waals surface area (Å²) >= 11 is 9.44. The van der Waals surface area contributed by atoms with E-state index in [2.05, 4.69) is 15.9 Å². The zero-order chi connectivity index (χ0) is 23.8. The van der Waals surface area contributed by atoms with Gasteiger partial charge in [0.2, 0.25) is 15.9 Å². The molecule has 3 aromatic carbocycles. The molecule has 1 amide bonds. The monoisotopic (exact) mass is 546 g/mol. The molecule has 1 aliphatic heterocycles. The molecule has 172 valence electrons. The number of hydrogen-bond donors (Lipinski definition) is 0. The first-order chi connectivity index (χ1) is 15.6. The first-order valence-electron chi connectivity index (χ1n) is 10.6. The predicted molar refractivity (Wildman–Crippen MR) is 135 cm³/mol. The summed E-state index contributed by atoms with van der Waals surface area (Å²) < 4.78 is 29.3. The predicted octanol–water partition coefficient (Wildman–Crippen LogP) is 5.58. The molecule has 33 heavy (non-hydrogen) atoms. The number of rotatable bonds is 6. The number of benzene rings is 3. The summed E-state index contributed by atoms with van der Waals surface area (Å²) in [7, 11) is -3.94. The Morgan fingerprint density at radius 2 is 1.85 bits per heavy atom. The van der Waals surface area contributed by atoms with Gasteiger partial charge in [0, 0.05) is 27.8 Å². The molecule has 0 N–H and O–H groups in total. The summed E-state index contributed by atoms with van der Waals surface area (Å²) in [6.45, 7) is 3.75. The first kappa shape index (κ1) is 24.0. The van der Waals surface area contributed by atoms with Crippen molar-refractivity contribution in [1.82, 2.24) is 4.31 Å². The van der Waals surface area contributed by atoms with Gasteiger partial charge in [-0.2, -0.15) is 4.31 Å². The first-order valence-corrected chi connectivity index (χ1v) is 13.2. The number of nitrogens with zero attached hydrogens (tertiary/aromatic N) is 2. The minimum atomic E-state index is -3.94. The Morgan fingerprint density at radius 3 is 2.55 bits per heavy atom. The standard InChI is InChI=1S/C25H24BrClN2O3S/c1-17-4-3-5-19(12-17)15-28(33(31,32)23-9-7-22(27)8-10-23)16-25(30)29-18(2)13-20-14-21(26)6-11-24(20)29/h3-12,14,18H,13,15-16H2,1-2H3/t18-/m1/s1. The van der Waals surface area contributed by atoms with Gasteiger partial charge in [-0.15, -0.1) is 0 Å². The Morgan fingerprint density at radius 1 is 1.12 bits per heavy atom. The summed E-state index contributed by atoms with van der Waals surface area (Å²) in [5.41, 5.74) is 3.74. The zero-order valence-electron chi connectivity index (χ0n) is 18.3. The molecular formula is C25H24BrClN2O3S. The molecule has 0 radical (unpaired) electrons. The van der Waals surface area contributed by atoms with Gasteiger partial charge < -0.3 is 4.90 Å². The van der Waals surface area contributed by atoms with Gasteiger partial charge in [0.05, 0.1) is 11.4 Å². The SMILES string of the molecule is Cc1cccc(CN(CC(=O)N2c3ccc(Br)cc3C[C@H]2C)S(=O)(=O)c2ccc(Cl)cc2)c1. The van der Waals surface area contributed by atoms with Crippen molar-refractivity contribution in [1.29, 1.82) is 0 Å². The molecule has 8 heteroatoms. The molecule has 0 aliphatic carbocycles. The van der Waals surface area contributed by atoms with Crippen LogP contribution in [0.5, 0.6) is 0 Å². The van der Waals surface area contributed by atoms with E-state index in [4.69, 9.17) is 11.6 Å². The van der Waals surface area contributed by atoms with E-state index in [-0.39, 0.29) is 29.9 Å². The fourth-order valence-electron chi connectivity index (χ4n) is 4.20. The molecule has 3 aromatic rings. The lowest BCUT2D eigenvalue weighted by Gasteiger charge is -2.28. The van der Waals surface area contributed by atoms with Crippen molar-refractivity contribution in [2.24, 2.45) is 0 Å². The summed E-state index contributed by atoms with van der Waals surface area (Å²) in [6.07, 6.45) is 0.725. The minimum Gasteiger partial charge on any atom is -0.308 e. The minimum absolute atomic E-state index is 0.0548. The third-order valence-corrected chi connectivity index (χ3v) is 8.28. The van der Waals surface area contributed by atoms with E-state index >= 15 is 0 Å². The fourth-order valence-corrected chi connectivity index (χ4v) is 6.11. The van der Waals surface area contributed by atoms with E-state index in [0.29, 0.717) is 5.02 Å². The largest absolute Gasteiger partial charge is 0.308 e. The van der Waals surface area contributed by atoms with E-state index < -0.39 is 10.0 Å². The van der Waals surface area contributed by atoms with Crippen LogP contribution < -0.4 is 4.90 Å². The van der Waals surface area contributed by atoms with Gasteiger partial charge in [0.1, 0.15) is 0 Å². The lowest BCUT2D eigenvalue weighted by atomic mass is 10.1. The fraction of sp³-hybridized carbons (Fsp3) is 0.240. The molecule has 0 saturated heterocycles. The van der Waals surface area contributed by atoms with Crippen LogP contribution in [0.25, 0.3) is 0 Å². The molecule has 0 bridgehead atoms. The summed E-state index contributed by atoms with van der Waals surface area (Å²) in [5.74, 6) is -0.256. The van der Waals surface area contributed by atoms with Crippen molar-refractivity contribution in [3.05, 3.63) is 92.9 Å². The molecular weight excluding hydrogens is 524 g/mol. The Hall–Kier alpha value is -2.19. The number of halogens is 2. The average molecular weight is 548 g/mol. The highest BCUT2D eigenvalue weighted by Crippen LogP contribution is 2.34. The van der Waals surface area contributed by atoms with Crippen molar-refractivity contribution in [2.75, 3.05) is 11.4 Å². The van der Waals surface area contributed by atoms with Gasteiger partial charge in [-0.1, -0.05) is 57.4 Å². The third-order valence-electron chi connectivity index (χ3n) is 5.73. The maximum atomic E-state index is 13.6. The summed E-state index contributed by atoms with van der Waals surface area (Å²) in [5, 5.41) is 0.448. The second-order valence-corrected chi connectivity index (χ2v) is 11.6. The smallest absolute Gasteiger partial charge is 0.243 e. The van der Waals surface area contributed by atoms with Crippen LogP contribution >= 0.6 is 27.5 Å². The van der Waals surface area contributed by atoms with E-state index in [0.717, 1.165) is 33.3 Å². The number of fused-ring (bicyclic) bond motifs is 1. The maximum absolute atomic E-state index is 13.6. The molecule has 0 spiro atoms. The number of anilines is 1. The topological polar surface area (TPSA) is 57.7 Å². The zero-order valence-corrected chi connectivity index (χ0v) is 21.5. The van der Waals surface area contributed by atoms with Crippen LogP contribution in [-0.2, 0) is 27.8 Å². The van der Waals surface area contributed by atoms with Crippen LogP contribution in [0.1, 0.15) is 23.6 Å². The van der Waals surface area contributed by atoms with Gasteiger partial charge in [-0.25, -0.2) is 8.42 Å². The van der Waals surface area contributed by atoms with Gasteiger partial charge in [0.25, 0.3) is 0 Å². The van der Waals surface area contributed by atoms with Crippen LogP contribution in [-0.4, -0.2) is 31.2 Å². The highest BCUT2D eigenvalue weighted by molar-refractivity contribution is 9.10. The second-order valence-electron chi connectivity index (χ2n) is 8.31. The van der Waals surface area contributed by atoms with Crippen LogP contribution in [0, 0.1) is 6.92 Å². The Labute approximate surface area is 208 Å². The number of hydrogen-bond acceptors (Lipinski definition) is 3. The van der Waals surface area contributed by atoms with Gasteiger partial charge in [-0.3, -0.25) is 4.79 Å². The Kier molecular flexibility index (Phi) is 6.96. The normalized spacial score (nSPS) is 15.7. The molecule has 0 fully saturated rings. The molecule has 4 rings (SSSR count). The van der Waals surface area contributed by atoms with Crippen LogP contribution in [0.15, 0.2) is 76.1 Å². The number of amides is 1. The molecule has 1 aliphatic rings. The van der Waals surface area contributed by atoms with Crippen LogP contribution in [0.4, 0.5) is 5.69 Å². The molecule has 5 nitrogen and oxygen atoms in total. The number of carbonyl (C=O) groups is 1. The number of carbonyl (C=O) groups excluding carboxylic acids is 1. The highest BCUT2D eigenvalue weighted by Gasteiger charge is 2.34. The Bertz CT molecular complexity index is 1300. The van der Waals surface area contributed by atoms with E-state index in [1.54, 1.807) is 4.90 Å². The quantitative estimate of drug-likeness (QED) is 0.405. The van der Waals surface area contributed by atoms with Crippen molar-refractivity contribution >= 4 is 49.1 Å². The van der Waals surface area contributed by atoms with Crippen molar-refractivity contribution in [2.45, 2.75) is 37.8 Å². The average Bonchev–Trinajstić information content (AvgIpc) is 3.08. The molecule has 0 unspecified atom stereocenters. The Balaban J connectivity index is 1.68. The van der Waals surface area contributed by atoms with E-state index in [1.807, 2.05) is 56.3 Å². The lowest BCUT2D eigenvalue weighted by molar-refractivity contribution is -0.119. The maximum Gasteiger partial charge on any atom is 0.243 e. The number of aryl methyl sites for hydroxylation is 1. The molecule has 1 heterocycles. The van der Waals surface area contributed by atoms with Gasteiger partial charge in [-0.05, 0) is 73.9 Å². The van der Waals surface area contributed by atoms with Gasteiger partial charge >= 0.3 is 0 Å². The third kappa shape index (κ3) is 5.17. The van der Waals surface area contributed by atoms with Crippen LogP contribution in [0.3, 0.4) is 0 Å². The van der Waals surface area contributed by atoms with Crippen molar-refractivity contribution in [3.63, 3.8) is 0 Å². The molecule has 0 saturated carbocycles. The van der Waals surface area contributed by atoms with Crippen LogP contribution in [0.2, 0.25) is 5.02 Å². The lowest BCUT2D eigenvalue weighted by Crippen LogP contribution is -2.44.